The zero-order chi connectivity index (χ0) is 17.1. The number of para-hydroxylation sites is 1. The Morgan fingerprint density at radius 3 is 2.80 bits per heavy atom. The highest BCUT2D eigenvalue weighted by atomic mass is 35.5. The maximum absolute atomic E-state index is 12.6. The monoisotopic (exact) mass is 364 g/mol. The molecule has 1 saturated heterocycles. The lowest BCUT2D eigenvalue weighted by Crippen LogP contribution is -2.43. The highest BCUT2D eigenvalue weighted by Crippen LogP contribution is 2.37. The number of rotatable bonds is 4. The molecule has 0 aliphatic carbocycles. The molecule has 2 heterocycles. The number of carbonyl (C=O) groups excluding carboxylic acids is 1. The normalized spacial score (nSPS) is 16.8. The number of amides is 1. The van der Waals surface area contributed by atoms with Crippen molar-refractivity contribution in [3.8, 4) is 16.9 Å². The van der Waals surface area contributed by atoms with Gasteiger partial charge in [-0.15, -0.1) is 12.4 Å². The van der Waals surface area contributed by atoms with Crippen LogP contribution in [0.3, 0.4) is 0 Å². The molecule has 0 bridgehead atoms. The van der Waals surface area contributed by atoms with Crippen molar-refractivity contribution in [2.45, 2.75) is 32.2 Å². The van der Waals surface area contributed by atoms with E-state index in [0.717, 1.165) is 48.4 Å². The van der Waals surface area contributed by atoms with E-state index in [0.29, 0.717) is 5.82 Å². The van der Waals surface area contributed by atoms with E-state index < -0.39 is 0 Å². The minimum atomic E-state index is -0.139. The standard InChI is InChI=1S/C18H24N4O2.ClH/c1-12-16(13-8-4-5-10-15(13)24-3)17(22(2)21-12)20-18(23)14-9-6-7-11-19-14;/h4-5,8,10,14,19H,6-7,9,11H2,1-3H3,(H,20,23);1H/t14-;/m1./s1. The summed E-state index contributed by atoms with van der Waals surface area (Å²) in [6, 6.07) is 7.64. The van der Waals surface area contributed by atoms with Gasteiger partial charge in [0.1, 0.15) is 11.6 Å². The van der Waals surface area contributed by atoms with Crippen molar-refractivity contribution in [3.05, 3.63) is 30.0 Å². The molecule has 1 aliphatic heterocycles. The number of nitrogens with zero attached hydrogens (tertiary/aromatic N) is 2. The third-order valence-corrected chi connectivity index (χ3v) is 4.47. The largest absolute Gasteiger partial charge is 0.496 e. The number of benzene rings is 1. The van der Waals surface area contributed by atoms with E-state index in [1.807, 2.05) is 38.2 Å². The molecule has 0 spiro atoms. The van der Waals surface area contributed by atoms with Crippen LogP contribution in [0.2, 0.25) is 0 Å². The van der Waals surface area contributed by atoms with Crippen LogP contribution >= 0.6 is 12.4 Å². The fraction of sp³-hybridized carbons (Fsp3) is 0.444. The molecule has 1 aromatic heterocycles. The Hall–Kier alpha value is -2.05. The number of aryl methyl sites for hydroxylation is 2. The van der Waals surface area contributed by atoms with E-state index in [9.17, 15) is 4.79 Å². The third kappa shape index (κ3) is 3.96. The molecule has 0 radical (unpaired) electrons. The Morgan fingerprint density at radius 1 is 1.36 bits per heavy atom. The maximum Gasteiger partial charge on any atom is 0.242 e. The van der Waals surface area contributed by atoms with Gasteiger partial charge >= 0.3 is 0 Å². The number of carbonyl (C=O) groups is 1. The number of anilines is 1. The second-order valence-corrected chi connectivity index (χ2v) is 6.12. The van der Waals surface area contributed by atoms with Crippen molar-refractivity contribution in [2.24, 2.45) is 7.05 Å². The molecule has 1 aliphatic rings. The molecule has 1 amide bonds. The summed E-state index contributed by atoms with van der Waals surface area (Å²) in [6.07, 6.45) is 3.07. The first kappa shape index (κ1) is 19.3. The second kappa shape index (κ2) is 8.36. The smallest absolute Gasteiger partial charge is 0.242 e. The van der Waals surface area contributed by atoms with E-state index in [-0.39, 0.29) is 24.4 Å². The first-order valence-corrected chi connectivity index (χ1v) is 8.33. The van der Waals surface area contributed by atoms with Crippen molar-refractivity contribution in [1.29, 1.82) is 0 Å². The molecule has 0 saturated carbocycles. The van der Waals surface area contributed by atoms with Crippen molar-refractivity contribution >= 4 is 24.1 Å². The van der Waals surface area contributed by atoms with Gasteiger partial charge in [-0.1, -0.05) is 24.6 Å². The molecular weight excluding hydrogens is 340 g/mol. The molecule has 3 rings (SSSR count). The summed E-state index contributed by atoms with van der Waals surface area (Å²) in [6.45, 7) is 2.83. The fourth-order valence-corrected chi connectivity index (χ4v) is 3.25. The van der Waals surface area contributed by atoms with E-state index >= 15 is 0 Å². The molecule has 1 aromatic carbocycles. The topological polar surface area (TPSA) is 68.2 Å². The average Bonchev–Trinajstić information content (AvgIpc) is 2.89. The summed E-state index contributed by atoms with van der Waals surface area (Å²) in [5, 5.41) is 10.8. The molecule has 1 fully saturated rings. The zero-order valence-corrected chi connectivity index (χ0v) is 15.7. The van der Waals surface area contributed by atoms with Crippen molar-refractivity contribution in [1.82, 2.24) is 15.1 Å². The van der Waals surface area contributed by atoms with Crippen molar-refractivity contribution < 1.29 is 9.53 Å². The number of piperidine rings is 1. The molecule has 7 heteroatoms. The lowest BCUT2D eigenvalue weighted by molar-refractivity contribution is -0.118. The number of hydrogen-bond acceptors (Lipinski definition) is 4. The van der Waals surface area contributed by atoms with Gasteiger partial charge in [0.15, 0.2) is 0 Å². The summed E-state index contributed by atoms with van der Waals surface area (Å²) in [4.78, 5) is 12.6. The predicted octanol–water partition coefficient (Wildman–Crippen LogP) is 2.91. The SMILES string of the molecule is COc1ccccc1-c1c(C)nn(C)c1NC(=O)[C@H]1CCCCN1.Cl. The van der Waals surface area contributed by atoms with Gasteiger partial charge < -0.3 is 15.4 Å². The van der Waals surface area contributed by atoms with Crippen LogP contribution in [0.15, 0.2) is 24.3 Å². The van der Waals surface area contributed by atoms with Gasteiger partial charge in [0, 0.05) is 12.6 Å². The maximum atomic E-state index is 12.6. The minimum Gasteiger partial charge on any atom is -0.496 e. The van der Waals surface area contributed by atoms with Crippen LogP contribution < -0.4 is 15.4 Å². The van der Waals surface area contributed by atoms with Crippen molar-refractivity contribution in [3.63, 3.8) is 0 Å². The summed E-state index contributed by atoms with van der Waals surface area (Å²) in [5.41, 5.74) is 2.69. The number of halogens is 1. The molecule has 1 atom stereocenters. The molecule has 0 unspecified atom stereocenters. The van der Waals surface area contributed by atoms with Crippen LogP contribution in [0, 0.1) is 6.92 Å². The Balaban J connectivity index is 0.00000225. The van der Waals surface area contributed by atoms with E-state index in [1.165, 1.54) is 0 Å². The number of ether oxygens (including phenoxy) is 1. The number of hydrogen-bond donors (Lipinski definition) is 2. The van der Waals surface area contributed by atoms with Gasteiger partial charge in [0.25, 0.3) is 0 Å². The quantitative estimate of drug-likeness (QED) is 0.875. The highest BCUT2D eigenvalue weighted by Gasteiger charge is 2.25. The molecule has 25 heavy (non-hydrogen) atoms. The van der Waals surface area contributed by atoms with Gasteiger partial charge in [0.2, 0.25) is 5.91 Å². The van der Waals surface area contributed by atoms with Gasteiger partial charge in [-0.2, -0.15) is 5.10 Å². The first-order chi connectivity index (χ1) is 11.6. The Bertz CT molecular complexity index is 739. The molecule has 136 valence electrons. The lowest BCUT2D eigenvalue weighted by Gasteiger charge is -2.23. The first-order valence-electron chi connectivity index (χ1n) is 8.33. The summed E-state index contributed by atoms with van der Waals surface area (Å²) in [5.74, 6) is 1.46. The second-order valence-electron chi connectivity index (χ2n) is 6.12. The number of aromatic nitrogens is 2. The van der Waals surface area contributed by atoms with Gasteiger partial charge in [-0.25, -0.2) is 0 Å². The van der Waals surface area contributed by atoms with Crippen LogP contribution in [-0.4, -0.2) is 35.4 Å². The van der Waals surface area contributed by atoms with Crippen LogP contribution in [0.4, 0.5) is 5.82 Å². The van der Waals surface area contributed by atoms with Gasteiger partial charge in [-0.05, 0) is 32.4 Å². The Labute approximate surface area is 154 Å². The number of methoxy groups -OCH3 is 1. The Kier molecular flexibility index (Phi) is 6.45. The average molecular weight is 365 g/mol. The highest BCUT2D eigenvalue weighted by molar-refractivity contribution is 5.98. The van der Waals surface area contributed by atoms with E-state index in [1.54, 1.807) is 11.8 Å². The van der Waals surface area contributed by atoms with Crippen LogP contribution in [-0.2, 0) is 11.8 Å². The number of nitrogens with one attached hydrogen (secondary N) is 2. The molecule has 6 nitrogen and oxygen atoms in total. The molecule has 2 N–H and O–H groups in total. The van der Waals surface area contributed by atoms with E-state index in [2.05, 4.69) is 15.7 Å². The Morgan fingerprint density at radius 2 is 2.12 bits per heavy atom. The zero-order valence-electron chi connectivity index (χ0n) is 14.8. The minimum absolute atomic E-state index is 0. The van der Waals surface area contributed by atoms with Crippen LogP contribution in [0.5, 0.6) is 5.75 Å². The summed E-state index contributed by atoms with van der Waals surface area (Å²) >= 11 is 0. The van der Waals surface area contributed by atoms with Gasteiger partial charge in [0.05, 0.1) is 24.4 Å². The van der Waals surface area contributed by atoms with Crippen molar-refractivity contribution in [2.75, 3.05) is 19.0 Å². The lowest BCUT2D eigenvalue weighted by atomic mass is 10.0. The third-order valence-electron chi connectivity index (χ3n) is 4.47. The van der Waals surface area contributed by atoms with Crippen LogP contribution in [0.25, 0.3) is 11.1 Å². The summed E-state index contributed by atoms with van der Waals surface area (Å²) in [7, 11) is 3.49. The summed E-state index contributed by atoms with van der Waals surface area (Å²) < 4.78 is 7.20. The van der Waals surface area contributed by atoms with Gasteiger partial charge in [-0.3, -0.25) is 9.48 Å². The van der Waals surface area contributed by atoms with Crippen LogP contribution in [0.1, 0.15) is 25.0 Å². The molecular formula is C18H25ClN4O2. The van der Waals surface area contributed by atoms with E-state index in [4.69, 9.17) is 4.74 Å². The fourth-order valence-electron chi connectivity index (χ4n) is 3.25. The predicted molar refractivity (Wildman–Crippen MR) is 101 cm³/mol. The molecule has 2 aromatic rings.